The van der Waals surface area contributed by atoms with Crippen LogP contribution in [0, 0.1) is 0 Å². The van der Waals surface area contributed by atoms with E-state index in [4.69, 9.17) is 21.1 Å². The van der Waals surface area contributed by atoms with Crippen molar-refractivity contribution in [3.63, 3.8) is 0 Å². The molecule has 2 aliphatic heterocycles. The molecule has 0 atom stereocenters. The quantitative estimate of drug-likeness (QED) is 0.636. The molecule has 32 heavy (non-hydrogen) atoms. The van der Waals surface area contributed by atoms with E-state index in [0.29, 0.717) is 31.2 Å². The second-order valence-corrected chi connectivity index (χ2v) is 8.03. The molecule has 0 unspecified atom stereocenters. The van der Waals surface area contributed by atoms with Crippen LogP contribution in [-0.4, -0.2) is 82.4 Å². The molecule has 1 aromatic heterocycles. The summed E-state index contributed by atoms with van der Waals surface area (Å²) >= 11 is 6.22. The van der Waals surface area contributed by atoms with E-state index in [-0.39, 0.29) is 28.8 Å². The van der Waals surface area contributed by atoms with Crippen molar-refractivity contribution < 1.29 is 19.1 Å². The molecule has 3 heterocycles. The molecule has 1 aromatic carbocycles. The molecule has 12 heteroatoms. The number of rotatable bonds is 6. The number of hydrogen-bond donors (Lipinski definition) is 0. The van der Waals surface area contributed by atoms with Crippen LogP contribution in [0.1, 0.15) is 36.0 Å². The predicted molar refractivity (Wildman–Crippen MR) is 116 cm³/mol. The minimum atomic E-state index is -0.424. The van der Waals surface area contributed by atoms with Gasteiger partial charge in [0.2, 0.25) is 0 Å². The largest absolute Gasteiger partial charge is 0.496 e. The van der Waals surface area contributed by atoms with Crippen LogP contribution in [0.4, 0.5) is 5.95 Å². The Balaban J connectivity index is 1.50. The molecule has 2 aliphatic rings. The molecular weight excluding hydrogens is 438 g/mol. The van der Waals surface area contributed by atoms with Crippen LogP contribution in [0.5, 0.6) is 11.5 Å². The summed E-state index contributed by atoms with van der Waals surface area (Å²) in [5.74, 6) is 0.324. The van der Waals surface area contributed by atoms with Crippen molar-refractivity contribution in [2.24, 2.45) is 0 Å². The summed E-state index contributed by atoms with van der Waals surface area (Å²) in [6.07, 6.45) is 4.03. The van der Waals surface area contributed by atoms with Gasteiger partial charge in [0, 0.05) is 26.2 Å². The lowest BCUT2D eigenvalue weighted by Crippen LogP contribution is -2.46. The van der Waals surface area contributed by atoms with Gasteiger partial charge in [0.05, 0.1) is 19.2 Å². The van der Waals surface area contributed by atoms with Gasteiger partial charge in [-0.05, 0) is 43.0 Å². The zero-order valence-corrected chi connectivity index (χ0v) is 18.9. The van der Waals surface area contributed by atoms with Gasteiger partial charge >= 0.3 is 0 Å². The fourth-order valence-corrected chi connectivity index (χ4v) is 4.28. The Hall–Kier alpha value is -3.08. The molecule has 0 bridgehead atoms. The van der Waals surface area contributed by atoms with Gasteiger partial charge in [0.25, 0.3) is 17.8 Å². The highest BCUT2D eigenvalue weighted by atomic mass is 35.5. The van der Waals surface area contributed by atoms with Crippen LogP contribution in [0.25, 0.3) is 0 Å². The molecule has 2 fully saturated rings. The van der Waals surface area contributed by atoms with E-state index in [9.17, 15) is 9.59 Å². The molecule has 0 spiro atoms. The summed E-state index contributed by atoms with van der Waals surface area (Å²) in [6, 6.07) is 3.20. The zero-order chi connectivity index (χ0) is 22.7. The number of halogens is 1. The molecule has 11 nitrogen and oxygen atoms in total. The fraction of sp³-hybridized carbons (Fsp3) is 0.550. The number of ether oxygens (including phenoxy) is 2. The number of carbonyl (C=O) groups excluding carboxylic acids is 2. The Morgan fingerprint density at radius 2 is 1.75 bits per heavy atom. The van der Waals surface area contributed by atoms with E-state index in [2.05, 4.69) is 20.3 Å². The molecule has 2 saturated heterocycles. The molecule has 172 valence electrons. The number of aromatic nitrogens is 4. The maximum atomic E-state index is 13.4. The van der Waals surface area contributed by atoms with Crippen LogP contribution in [-0.2, 0) is 11.3 Å². The third-order valence-corrected chi connectivity index (χ3v) is 5.92. The average molecular weight is 464 g/mol. The topological polar surface area (TPSA) is 106 Å². The lowest BCUT2D eigenvalue weighted by molar-refractivity contribution is -0.141. The number of nitrogens with zero attached hydrogens (tertiary/aromatic N) is 7. The summed E-state index contributed by atoms with van der Waals surface area (Å²) in [7, 11) is 2.89. The van der Waals surface area contributed by atoms with E-state index in [0.717, 1.165) is 25.9 Å². The van der Waals surface area contributed by atoms with Crippen molar-refractivity contribution in [2.45, 2.75) is 32.2 Å². The molecule has 0 aliphatic carbocycles. The maximum absolute atomic E-state index is 13.4. The number of anilines is 1. The highest BCUT2D eigenvalue weighted by Crippen LogP contribution is 2.37. The number of hydrazine groups is 1. The minimum Gasteiger partial charge on any atom is -0.496 e. The highest BCUT2D eigenvalue weighted by Gasteiger charge is 2.35. The molecule has 2 amide bonds. The van der Waals surface area contributed by atoms with Crippen molar-refractivity contribution in [1.82, 2.24) is 30.2 Å². The SMILES string of the molecule is COc1ccc(Cl)c(OC)c1C(=O)N1CCCN1C(=O)Cn1nnc(N2CCCCC2)n1. The molecule has 4 rings (SSSR count). The number of carbonyl (C=O) groups is 2. The molecule has 0 saturated carbocycles. The van der Waals surface area contributed by atoms with E-state index in [1.54, 1.807) is 12.1 Å². The second kappa shape index (κ2) is 9.60. The Morgan fingerprint density at radius 1 is 1.00 bits per heavy atom. The van der Waals surface area contributed by atoms with Gasteiger partial charge in [-0.25, -0.2) is 10.0 Å². The standard InChI is InChI=1S/C20H26ClN7O4/c1-31-15-8-7-14(21)18(32-2)17(15)19(30)27-12-6-11-26(27)16(29)13-28-23-20(22-24-28)25-9-4-3-5-10-25/h7-8H,3-6,9-13H2,1-2H3. The van der Waals surface area contributed by atoms with Gasteiger partial charge in [-0.3, -0.25) is 9.59 Å². The van der Waals surface area contributed by atoms with E-state index in [1.165, 1.54) is 35.5 Å². The van der Waals surface area contributed by atoms with Crippen LogP contribution < -0.4 is 14.4 Å². The Kier molecular flexibility index (Phi) is 6.63. The molecule has 0 radical (unpaired) electrons. The lowest BCUT2D eigenvalue weighted by atomic mass is 10.1. The number of tetrazole rings is 1. The number of methoxy groups -OCH3 is 2. The van der Waals surface area contributed by atoms with Gasteiger partial charge in [-0.1, -0.05) is 16.7 Å². The van der Waals surface area contributed by atoms with Gasteiger partial charge in [0.1, 0.15) is 17.9 Å². The van der Waals surface area contributed by atoms with Crippen molar-refractivity contribution >= 4 is 29.4 Å². The molecule has 0 N–H and O–H groups in total. The van der Waals surface area contributed by atoms with Crippen molar-refractivity contribution in [3.05, 3.63) is 22.7 Å². The van der Waals surface area contributed by atoms with Crippen LogP contribution in [0.3, 0.4) is 0 Å². The fourth-order valence-electron chi connectivity index (χ4n) is 4.05. The minimum absolute atomic E-state index is 0.117. The van der Waals surface area contributed by atoms with Crippen molar-refractivity contribution in [2.75, 3.05) is 45.3 Å². The summed E-state index contributed by atoms with van der Waals surface area (Å²) in [5, 5.41) is 15.5. The van der Waals surface area contributed by atoms with E-state index in [1.807, 2.05) is 0 Å². The van der Waals surface area contributed by atoms with Crippen molar-refractivity contribution in [3.8, 4) is 11.5 Å². The van der Waals surface area contributed by atoms with Crippen LogP contribution >= 0.6 is 11.6 Å². The van der Waals surface area contributed by atoms with Gasteiger partial charge in [-0.15, -0.1) is 5.10 Å². The summed E-state index contributed by atoms with van der Waals surface area (Å²) in [4.78, 5) is 29.8. The van der Waals surface area contributed by atoms with Gasteiger partial charge in [-0.2, -0.15) is 4.80 Å². The third-order valence-electron chi connectivity index (χ3n) is 5.62. The Bertz CT molecular complexity index is 992. The smallest absolute Gasteiger partial charge is 0.280 e. The summed E-state index contributed by atoms with van der Waals surface area (Å²) < 4.78 is 10.7. The maximum Gasteiger partial charge on any atom is 0.280 e. The predicted octanol–water partition coefficient (Wildman–Crippen LogP) is 1.62. The highest BCUT2D eigenvalue weighted by molar-refractivity contribution is 6.32. The van der Waals surface area contributed by atoms with E-state index < -0.39 is 5.91 Å². The molecule has 2 aromatic rings. The Morgan fingerprint density at radius 3 is 2.47 bits per heavy atom. The summed E-state index contributed by atoms with van der Waals surface area (Å²) in [6.45, 7) is 2.44. The van der Waals surface area contributed by atoms with Crippen molar-refractivity contribution in [1.29, 1.82) is 0 Å². The first kappa shape index (κ1) is 22.1. The first-order valence-corrected chi connectivity index (χ1v) is 11.0. The average Bonchev–Trinajstić information content (AvgIpc) is 3.49. The number of hydrogen-bond acceptors (Lipinski definition) is 8. The van der Waals surface area contributed by atoms with Gasteiger partial charge in [0.15, 0.2) is 5.75 Å². The second-order valence-electron chi connectivity index (χ2n) is 7.62. The summed E-state index contributed by atoms with van der Waals surface area (Å²) in [5.41, 5.74) is 0.175. The zero-order valence-electron chi connectivity index (χ0n) is 18.2. The van der Waals surface area contributed by atoms with E-state index >= 15 is 0 Å². The van der Waals surface area contributed by atoms with Crippen LogP contribution in [0.15, 0.2) is 12.1 Å². The number of amides is 2. The normalized spacial score (nSPS) is 16.4. The lowest BCUT2D eigenvalue weighted by Gasteiger charge is -2.28. The monoisotopic (exact) mass is 463 g/mol. The van der Waals surface area contributed by atoms with Gasteiger partial charge < -0.3 is 14.4 Å². The first-order chi connectivity index (χ1) is 15.5. The molecular formula is C20H26ClN7O4. The first-order valence-electron chi connectivity index (χ1n) is 10.6. The third kappa shape index (κ3) is 4.29. The number of piperidine rings is 1. The number of benzene rings is 1. The van der Waals surface area contributed by atoms with Crippen LogP contribution in [0.2, 0.25) is 5.02 Å². The Labute approximate surface area is 190 Å².